The van der Waals surface area contributed by atoms with Gasteiger partial charge in [-0.3, -0.25) is 10.1 Å². The maximum atomic E-state index is 12.7. The van der Waals surface area contributed by atoms with Gasteiger partial charge in [-0.25, -0.2) is 4.98 Å². The highest BCUT2D eigenvalue weighted by atomic mass is 35.5. The molecule has 0 radical (unpaired) electrons. The van der Waals surface area contributed by atoms with Crippen molar-refractivity contribution < 1.29 is 4.79 Å². The molecule has 0 saturated heterocycles. The molecule has 136 valence electrons. The van der Waals surface area contributed by atoms with E-state index in [1.165, 1.54) is 12.8 Å². The summed E-state index contributed by atoms with van der Waals surface area (Å²) in [6.45, 7) is 0.472. The smallest absolute Gasteiger partial charge is 0.257 e. The van der Waals surface area contributed by atoms with Gasteiger partial charge in [-0.2, -0.15) is 0 Å². The Kier molecular flexibility index (Phi) is 5.59. The first-order chi connectivity index (χ1) is 12.3. The largest absolute Gasteiger partial charge is 0.326 e. The SMILES string of the molecule is Cl.NCc1ccc(C(=O)Nc2nc3ccccc3n2C2CCCC2)cc1. The number of carbonyl (C=O) groups excluding carboxylic acids is 1. The van der Waals surface area contributed by atoms with Crippen LogP contribution in [0.5, 0.6) is 0 Å². The number of benzene rings is 2. The number of nitrogens with one attached hydrogen (secondary N) is 1. The highest BCUT2D eigenvalue weighted by Crippen LogP contribution is 2.35. The van der Waals surface area contributed by atoms with E-state index in [2.05, 4.69) is 20.9 Å². The van der Waals surface area contributed by atoms with Gasteiger partial charge in [-0.05, 0) is 42.7 Å². The van der Waals surface area contributed by atoms with Crippen LogP contribution in [0.2, 0.25) is 0 Å². The molecule has 1 aliphatic rings. The van der Waals surface area contributed by atoms with E-state index >= 15 is 0 Å². The summed E-state index contributed by atoms with van der Waals surface area (Å²) in [6.07, 6.45) is 4.72. The summed E-state index contributed by atoms with van der Waals surface area (Å²) < 4.78 is 2.20. The van der Waals surface area contributed by atoms with E-state index in [-0.39, 0.29) is 18.3 Å². The first kappa shape index (κ1) is 18.4. The monoisotopic (exact) mass is 370 g/mol. The third kappa shape index (κ3) is 3.45. The van der Waals surface area contributed by atoms with Crippen LogP contribution in [0, 0.1) is 0 Å². The summed E-state index contributed by atoms with van der Waals surface area (Å²) in [4.78, 5) is 17.3. The molecule has 6 heteroatoms. The second-order valence-electron chi connectivity index (χ2n) is 6.59. The predicted molar refractivity (Wildman–Crippen MR) is 107 cm³/mol. The number of hydrogen-bond donors (Lipinski definition) is 2. The second kappa shape index (κ2) is 7.89. The van der Waals surface area contributed by atoms with Crippen LogP contribution < -0.4 is 11.1 Å². The van der Waals surface area contributed by atoms with E-state index in [4.69, 9.17) is 5.73 Å². The Morgan fingerprint density at radius 1 is 1.12 bits per heavy atom. The van der Waals surface area contributed by atoms with Crippen molar-refractivity contribution in [3.05, 3.63) is 59.7 Å². The molecule has 1 aromatic heterocycles. The molecule has 0 atom stereocenters. The van der Waals surface area contributed by atoms with Crippen molar-refractivity contribution in [2.45, 2.75) is 38.3 Å². The number of amides is 1. The minimum Gasteiger partial charge on any atom is -0.326 e. The number of nitrogens with zero attached hydrogens (tertiary/aromatic N) is 2. The fourth-order valence-corrected chi connectivity index (χ4v) is 3.63. The summed E-state index contributed by atoms with van der Waals surface area (Å²) in [5.74, 6) is 0.499. The molecule has 26 heavy (non-hydrogen) atoms. The molecule has 4 rings (SSSR count). The van der Waals surface area contributed by atoms with Gasteiger partial charge in [-0.15, -0.1) is 12.4 Å². The van der Waals surface area contributed by atoms with Crippen molar-refractivity contribution in [3.63, 3.8) is 0 Å². The van der Waals surface area contributed by atoms with Gasteiger partial charge in [0.25, 0.3) is 5.91 Å². The van der Waals surface area contributed by atoms with E-state index in [0.717, 1.165) is 29.4 Å². The number of halogens is 1. The molecule has 2 aromatic carbocycles. The second-order valence-corrected chi connectivity index (χ2v) is 6.59. The third-order valence-corrected chi connectivity index (χ3v) is 4.96. The van der Waals surface area contributed by atoms with Crippen molar-refractivity contribution in [1.82, 2.24) is 9.55 Å². The maximum Gasteiger partial charge on any atom is 0.257 e. The first-order valence-corrected chi connectivity index (χ1v) is 8.83. The number of hydrogen-bond acceptors (Lipinski definition) is 3. The molecular weight excluding hydrogens is 348 g/mol. The Hall–Kier alpha value is -2.37. The molecule has 1 amide bonds. The van der Waals surface area contributed by atoms with Crippen LogP contribution in [-0.2, 0) is 6.54 Å². The van der Waals surface area contributed by atoms with Crippen LogP contribution in [0.4, 0.5) is 5.95 Å². The fourth-order valence-electron chi connectivity index (χ4n) is 3.63. The third-order valence-electron chi connectivity index (χ3n) is 4.96. The average molecular weight is 371 g/mol. The standard InChI is InChI=1S/C20H22N4O.ClH/c21-13-14-9-11-15(12-10-14)19(25)23-20-22-17-7-3-4-8-18(17)24(20)16-5-1-2-6-16;/h3-4,7-12,16H,1-2,5-6,13,21H2,(H,22,23,25);1H. The number of carbonyl (C=O) groups is 1. The predicted octanol–water partition coefficient (Wildman–Crippen LogP) is 4.28. The molecule has 3 N–H and O–H groups in total. The van der Waals surface area contributed by atoms with Gasteiger partial charge >= 0.3 is 0 Å². The van der Waals surface area contributed by atoms with E-state index in [1.54, 1.807) is 12.1 Å². The van der Waals surface area contributed by atoms with Crippen LogP contribution in [0.1, 0.15) is 47.6 Å². The highest BCUT2D eigenvalue weighted by molar-refractivity contribution is 6.04. The number of para-hydroxylation sites is 2. The first-order valence-electron chi connectivity index (χ1n) is 8.83. The van der Waals surface area contributed by atoms with Crippen molar-refractivity contribution in [1.29, 1.82) is 0 Å². The Balaban J connectivity index is 0.00000196. The molecular formula is C20H23ClN4O. The van der Waals surface area contributed by atoms with Crippen LogP contribution >= 0.6 is 12.4 Å². The Morgan fingerprint density at radius 3 is 2.50 bits per heavy atom. The Bertz CT molecular complexity index is 898. The minimum absolute atomic E-state index is 0. The summed E-state index contributed by atoms with van der Waals surface area (Å²) in [5, 5.41) is 3.01. The number of rotatable bonds is 4. The highest BCUT2D eigenvalue weighted by Gasteiger charge is 2.23. The molecule has 1 aliphatic carbocycles. The summed E-state index contributed by atoms with van der Waals surface area (Å²) in [7, 11) is 0. The van der Waals surface area contributed by atoms with Crippen molar-refractivity contribution in [2.75, 3.05) is 5.32 Å². The van der Waals surface area contributed by atoms with Gasteiger partial charge in [0, 0.05) is 18.2 Å². The lowest BCUT2D eigenvalue weighted by Gasteiger charge is -2.16. The van der Waals surface area contributed by atoms with Crippen LogP contribution in [0.15, 0.2) is 48.5 Å². The zero-order chi connectivity index (χ0) is 17.2. The normalized spacial score (nSPS) is 14.3. The van der Waals surface area contributed by atoms with Crippen LogP contribution in [0.25, 0.3) is 11.0 Å². The average Bonchev–Trinajstić information content (AvgIpc) is 3.28. The summed E-state index contributed by atoms with van der Waals surface area (Å²) in [6, 6.07) is 15.9. The van der Waals surface area contributed by atoms with Crippen molar-refractivity contribution in [2.24, 2.45) is 5.73 Å². The minimum atomic E-state index is -0.141. The number of anilines is 1. The fraction of sp³-hybridized carbons (Fsp3) is 0.300. The van der Waals surface area contributed by atoms with Crippen molar-refractivity contribution in [3.8, 4) is 0 Å². The number of aromatic nitrogens is 2. The summed E-state index contributed by atoms with van der Waals surface area (Å²) >= 11 is 0. The molecule has 0 bridgehead atoms. The molecule has 1 fully saturated rings. The lowest BCUT2D eigenvalue weighted by atomic mass is 10.1. The number of fused-ring (bicyclic) bond motifs is 1. The van der Waals surface area contributed by atoms with Gasteiger partial charge in [0.15, 0.2) is 0 Å². The van der Waals surface area contributed by atoms with Gasteiger partial charge < -0.3 is 10.3 Å². The zero-order valence-electron chi connectivity index (χ0n) is 14.5. The van der Waals surface area contributed by atoms with E-state index in [1.807, 2.05) is 30.3 Å². The van der Waals surface area contributed by atoms with Gasteiger partial charge in [0.2, 0.25) is 5.95 Å². The molecule has 0 spiro atoms. The Morgan fingerprint density at radius 2 is 1.81 bits per heavy atom. The number of imidazole rings is 1. The summed E-state index contributed by atoms with van der Waals surface area (Å²) in [5.41, 5.74) is 9.25. The lowest BCUT2D eigenvalue weighted by molar-refractivity contribution is 0.102. The molecule has 0 unspecified atom stereocenters. The topological polar surface area (TPSA) is 72.9 Å². The van der Waals surface area contributed by atoms with E-state index in [9.17, 15) is 4.79 Å². The lowest BCUT2D eigenvalue weighted by Crippen LogP contribution is -2.17. The van der Waals surface area contributed by atoms with Crippen molar-refractivity contribution >= 4 is 35.3 Å². The Labute approximate surface area is 159 Å². The van der Waals surface area contributed by atoms with Crippen LogP contribution in [-0.4, -0.2) is 15.5 Å². The molecule has 3 aromatic rings. The van der Waals surface area contributed by atoms with E-state index < -0.39 is 0 Å². The maximum absolute atomic E-state index is 12.7. The molecule has 5 nitrogen and oxygen atoms in total. The van der Waals surface area contributed by atoms with Gasteiger partial charge in [-0.1, -0.05) is 37.1 Å². The van der Waals surface area contributed by atoms with E-state index in [0.29, 0.717) is 24.1 Å². The van der Waals surface area contributed by atoms with Crippen LogP contribution in [0.3, 0.4) is 0 Å². The molecule has 1 saturated carbocycles. The zero-order valence-corrected chi connectivity index (χ0v) is 15.3. The molecule has 0 aliphatic heterocycles. The number of nitrogens with two attached hydrogens (primary N) is 1. The van der Waals surface area contributed by atoms with Gasteiger partial charge in [0.1, 0.15) is 0 Å². The van der Waals surface area contributed by atoms with Gasteiger partial charge in [0.05, 0.1) is 11.0 Å². The molecule has 1 heterocycles. The quantitative estimate of drug-likeness (QED) is 0.719.